The van der Waals surface area contributed by atoms with Crippen molar-refractivity contribution >= 4 is 22.5 Å². The number of aromatic amines is 1. The van der Waals surface area contributed by atoms with Gasteiger partial charge in [-0.3, -0.25) is 4.79 Å². The van der Waals surface area contributed by atoms with E-state index in [0.29, 0.717) is 11.8 Å². The molecule has 7 nitrogen and oxygen atoms in total. The summed E-state index contributed by atoms with van der Waals surface area (Å²) in [4.78, 5) is 22.5. The quantitative estimate of drug-likeness (QED) is 0.422. The minimum absolute atomic E-state index is 0.0566. The van der Waals surface area contributed by atoms with E-state index < -0.39 is 6.10 Å². The van der Waals surface area contributed by atoms with E-state index in [-0.39, 0.29) is 12.3 Å². The third-order valence-corrected chi connectivity index (χ3v) is 7.24. The largest absolute Gasteiger partial charge is 0.393 e. The van der Waals surface area contributed by atoms with Gasteiger partial charge in [0, 0.05) is 35.8 Å². The molecule has 1 fully saturated rings. The molecular formula is C28H35N5O2. The summed E-state index contributed by atoms with van der Waals surface area (Å²) in [6.45, 7) is 11.7. The highest BCUT2D eigenvalue weighted by atomic mass is 16.3. The molecule has 0 saturated carbocycles. The van der Waals surface area contributed by atoms with Crippen molar-refractivity contribution in [3.8, 4) is 11.3 Å². The SMILES string of the molecule is Cc1nc2c(C)cc(-c3[nH]c4ccc(C5CCN(C(=O)C[C@H](C)O)CC5)cc4c3C(C)C)cn2n1. The maximum atomic E-state index is 12.3. The predicted molar refractivity (Wildman–Crippen MR) is 139 cm³/mol. The number of pyridine rings is 1. The minimum Gasteiger partial charge on any atom is -0.393 e. The van der Waals surface area contributed by atoms with Crippen molar-refractivity contribution in [2.24, 2.45) is 0 Å². The van der Waals surface area contributed by atoms with Crippen LogP contribution < -0.4 is 0 Å². The second-order valence-corrected chi connectivity index (χ2v) is 10.4. The van der Waals surface area contributed by atoms with Gasteiger partial charge in [-0.25, -0.2) is 9.50 Å². The van der Waals surface area contributed by atoms with E-state index in [9.17, 15) is 9.90 Å². The number of nitrogens with one attached hydrogen (secondary N) is 1. The third kappa shape index (κ3) is 4.45. The molecule has 1 amide bonds. The van der Waals surface area contributed by atoms with Gasteiger partial charge in [0.05, 0.1) is 18.2 Å². The smallest absolute Gasteiger partial charge is 0.225 e. The van der Waals surface area contributed by atoms with Gasteiger partial charge in [0.15, 0.2) is 5.65 Å². The summed E-state index contributed by atoms with van der Waals surface area (Å²) in [7, 11) is 0. The van der Waals surface area contributed by atoms with Crippen molar-refractivity contribution < 1.29 is 9.90 Å². The van der Waals surface area contributed by atoms with E-state index in [2.05, 4.69) is 66.3 Å². The zero-order valence-corrected chi connectivity index (χ0v) is 21.3. The number of nitrogens with zero attached hydrogens (tertiary/aromatic N) is 4. The van der Waals surface area contributed by atoms with Gasteiger partial charge >= 0.3 is 0 Å². The Morgan fingerprint density at radius 1 is 1.17 bits per heavy atom. The Bertz CT molecular complexity index is 1390. The van der Waals surface area contributed by atoms with Crippen molar-refractivity contribution in [3.05, 3.63) is 53.0 Å². The Morgan fingerprint density at radius 2 is 1.91 bits per heavy atom. The van der Waals surface area contributed by atoms with E-state index in [0.717, 1.165) is 59.7 Å². The van der Waals surface area contributed by atoms with Crippen molar-refractivity contribution in [1.82, 2.24) is 24.5 Å². The standard InChI is InChI=1S/C28H35N5O2/c1-16(2)26-23-14-21(20-8-10-32(11-9-20)25(35)13-18(4)34)6-7-24(23)30-27(26)22-12-17(3)28-29-19(5)31-33(28)15-22/h6-7,12,14-16,18,20,30,34H,8-11,13H2,1-5H3/t18-/m0/s1. The van der Waals surface area contributed by atoms with Gasteiger partial charge in [-0.1, -0.05) is 19.9 Å². The highest BCUT2D eigenvalue weighted by molar-refractivity contribution is 5.92. The minimum atomic E-state index is -0.585. The lowest BCUT2D eigenvalue weighted by atomic mass is 9.87. The molecule has 7 heteroatoms. The summed E-state index contributed by atoms with van der Waals surface area (Å²) in [6.07, 6.45) is 3.59. The van der Waals surface area contributed by atoms with E-state index in [1.807, 2.05) is 16.3 Å². The number of aliphatic hydroxyl groups excluding tert-OH is 1. The first kappa shape index (κ1) is 23.5. The van der Waals surface area contributed by atoms with Crippen LogP contribution in [0.1, 0.15) is 74.4 Å². The van der Waals surface area contributed by atoms with Crippen LogP contribution in [0.3, 0.4) is 0 Å². The molecule has 35 heavy (non-hydrogen) atoms. The number of aliphatic hydroxyl groups is 1. The maximum absolute atomic E-state index is 12.3. The topological polar surface area (TPSA) is 86.5 Å². The van der Waals surface area contributed by atoms with Crippen molar-refractivity contribution in [2.75, 3.05) is 13.1 Å². The number of amides is 1. The number of carbonyl (C=O) groups excluding carboxylic acids is 1. The van der Waals surface area contributed by atoms with Crippen LogP contribution in [0.25, 0.3) is 27.8 Å². The van der Waals surface area contributed by atoms with Gasteiger partial charge in [-0.2, -0.15) is 5.10 Å². The zero-order chi connectivity index (χ0) is 24.9. The summed E-state index contributed by atoms with van der Waals surface area (Å²) >= 11 is 0. The van der Waals surface area contributed by atoms with Crippen molar-refractivity contribution in [3.63, 3.8) is 0 Å². The van der Waals surface area contributed by atoms with Crippen LogP contribution in [-0.4, -0.2) is 54.7 Å². The first-order chi connectivity index (χ1) is 16.7. The Morgan fingerprint density at radius 3 is 2.60 bits per heavy atom. The first-order valence-electron chi connectivity index (χ1n) is 12.7. The average Bonchev–Trinajstić information content (AvgIpc) is 3.38. The number of hydrogen-bond acceptors (Lipinski definition) is 4. The van der Waals surface area contributed by atoms with E-state index in [4.69, 9.17) is 0 Å². The Labute approximate surface area is 206 Å². The van der Waals surface area contributed by atoms with Gasteiger partial charge in [0.25, 0.3) is 0 Å². The summed E-state index contributed by atoms with van der Waals surface area (Å²) in [5.41, 5.74) is 8.07. The van der Waals surface area contributed by atoms with Crippen LogP contribution >= 0.6 is 0 Å². The number of hydrogen-bond donors (Lipinski definition) is 2. The summed E-state index contributed by atoms with van der Waals surface area (Å²) in [5.74, 6) is 1.61. The molecule has 0 spiro atoms. The molecule has 184 valence electrons. The van der Waals surface area contributed by atoms with E-state index >= 15 is 0 Å². The molecule has 1 aromatic carbocycles. The molecule has 4 aromatic rings. The van der Waals surface area contributed by atoms with Crippen LogP contribution in [-0.2, 0) is 4.79 Å². The molecule has 1 saturated heterocycles. The summed E-state index contributed by atoms with van der Waals surface area (Å²) in [5, 5.41) is 15.4. The summed E-state index contributed by atoms with van der Waals surface area (Å²) in [6, 6.07) is 8.99. The maximum Gasteiger partial charge on any atom is 0.225 e. The van der Waals surface area contributed by atoms with E-state index in [1.165, 1.54) is 16.5 Å². The third-order valence-electron chi connectivity index (χ3n) is 7.24. The van der Waals surface area contributed by atoms with Crippen molar-refractivity contribution in [1.29, 1.82) is 0 Å². The van der Waals surface area contributed by atoms with Crippen LogP contribution in [0.2, 0.25) is 0 Å². The Hall–Kier alpha value is -3.19. The van der Waals surface area contributed by atoms with Crippen LogP contribution in [0.15, 0.2) is 30.5 Å². The Balaban J connectivity index is 1.48. The number of piperidine rings is 1. The van der Waals surface area contributed by atoms with Gasteiger partial charge in [0.2, 0.25) is 5.91 Å². The lowest BCUT2D eigenvalue weighted by Crippen LogP contribution is -2.39. The predicted octanol–water partition coefficient (Wildman–Crippen LogP) is 5.09. The monoisotopic (exact) mass is 473 g/mol. The highest BCUT2D eigenvalue weighted by Gasteiger charge is 2.25. The fourth-order valence-electron chi connectivity index (χ4n) is 5.55. The highest BCUT2D eigenvalue weighted by Crippen LogP contribution is 2.38. The molecule has 1 aliphatic rings. The number of rotatable bonds is 5. The second-order valence-electron chi connectivity index (χ2n) is 10.4. The van der Waals surface area contributed by atoms with Gasteiger partial charge in [-0.15, -0.1) is 0 Å². The molecule has 4 heterocycles. The number of carbonyl (C=O) groups is 1. The number of aryl methyl sites for hydroxylation is 2. The lowest BCUT2D eigenvalue weighted by molar-refractivity contribution is -0.134. The van der Waals surface area contributed by atoms with Gasteiger partial charge in [-0.05, 0) is 80.3 Å². The van der Waals surface area contributed by atoms with Gasteiger partial charge in [0.1, 0.15) is 5.82 Å². The molecule has 0 unspecified atom stereocenters. The number of aromatic nitrogens is 4. The molecule has 1 aliphatic heterocycles. The number of likely N-dealkylation sites (tertiary alicyclic amines) is 1. The molecule has 2 N–H and O–H groups in total. The van der Waals surface area contributed by atoms with Gasteiger partial charge < -0.3 is 15.0 Å². The fraction of sp³-hybridized carbons (Fsp3) is 0.464. The fourth-order valence-corrected chi connectivity index (χ4v) is 5.55. The number of fused-ring (bicyclic) bond motifs is 2. The normalized spacial score (nSPS) is 16.0. The van der Waals surface area contributed by atoms with Crippen LogP contribution in [0, 0.1) is 13.8 Å². The molecule has 3 aromatic heterocycles. The second kappa shape index (κ2) is 9.11. The van der Waals surface area contributed by atoms with E-state index in [1.54, 1.807) is 6.92 Å². The number of H-pyrrole nitrogens is 1. The molecule has 0 bridgehead atoms. The summed E-state index contributed by atoms with van der Waals surface area (Å²) < 4.78 is 1.88. The van der Waals surface area contributed by atoms with Crippen LogP contribution in [0.5, 0.6) is 0 Å². The first-order valence-corrected chi connectivity index (χ1v) is 12.7. The number of benzene rings is 1. The van der Waals surface area contributed by atoms with Crippen LogP contribution in [0.4, 0.5) is 0 Å². The molecule has 0 aliphatic carbocycles. The molecule has 5 rings (SSSR count). The van der Waals surface area contributed by atoms with Crippen molar-refractivity contribution in [2.45, 2.75) is 71.8 Å². The molecular weight excluding hydrogens is 438 g/mol. The molecule has 0 radical (unpaired) electrons. The Kier molecular flexibility index (Phi) is 6.13. The zero-order valence-electron chi connectivity index (χ0n) is 21.3. The molecule has 1 atom stereocenters. The average molecular weight is 474 g/mol. The lowest BCUT2D eigenvalue weighted by Gasteiger charge is -2.32.